The highest BCUT2D eigenvalue weighted by Crippen LogP contribution is 2.23. The molecular weight excluding hydrogens is 314 g/mol. The molecule has 0 aliphatic rings. The van der Waals surface area contributed by atoms with Gasteiger partial charge in [0.05, 0.1) is 17.2 Å². The molecule has 0 saturated heterocycles. The number of anilines is 1. The van der Waals surface area contributed by atoms with Gasteiger partial charge in [-0.05, 0) is 50.6 Å². The summed E-state index contributed by atoms with van der Waals surface area (Å²) in [6, 6.07) is 10.4. The molecule has 0 heterocycles. The molecule has 0 bridgehead atoms. The van der Waals surface area contributed by atoms with Crippen LogP contribution in [0.5, 0.6) is 0 Å². The lowest BCUT2D eigenvalue weighted by molar-refractivity contribution is 0.0526. The summed E-state index contributed by atoms with van der Waals surface area (Å²) in [4.78, 5) is 24.1. The van der Waals surface area contributed by atoms with Crippen LogP contribution in [0, 0.1) is 13.8 Å². The molecule has 4 nitrogen and oxygen atoms in total. The van der Waals surface area contributed by atoms with Gasteiger partial charge in [0.1, 0.15) is 0 Å². The predicted molar refractivity (Wildman–Crippen MR) is 91.3 cm³/mol. The van der Waals surface area contributed by atoms with E-state index >= 15 is 0 Å². The zero-order valence-corrected chi connectivity index (χ0v) is 14.0. The first-order valence-electron chi connectivity index (χ1n) is 7.27. The summed E-state index contributed by atoms with van der Waals surface area (Å²) in [5.41, 5.74) is 3.31. The Kier molecular flexibility index (Phi) is 5.40. The van der Waals surface area contributed by atoms with E-state index in [1.54, 1.807) is 19.1 Å². The number of halogens is 1. The Morgan fingerprint density at radius 1 is 1.09 bits per heavy atom. The third kappa shape index (κ3) is 4.11. The highest BCUT2D eigenvalue weighted by Gasteiger charge is 2.14. The minimum atomic E-state index is -0.482. The molecule has 0 radical (unpaired) electrons. The molecule has 0 fully saturated rings. The second-order valence-electron chi connectivity index (χ2n) is 5.19. The van der Waals surface area contributed by atoms with Gasteiger partial charge in [-0.25, -0.2) is 4.79 Å². The average Bonchev–Trinajstić information content (AvgIpc) is 2.50. The molecule has 0 aliphatic carbocycles. The fraction of sp³-hybridized carbons (Fsp3) is 0.222. The minimum Gasteiger partial charge on any atom is -0.462 e. The molecule has 120 valence electrons. The molecule has 2 rings (SSSR count). The van der Waals surface area contributed by atoms with Crippen LogP contribution in [0.3, 0.4) is 0 Å². The van der Waals surface area contributed by atoms with Crippen LogP contribution in [-0.2, 0) is 4.74 Å². The molecule has 0 spiro atoms. The maximum Gasteiger partial charge on any atom is 0.339 e. The van der Waals surface area contributed by atoms with E-state index in [4.69, 9.17) is 16.3 Å². The van der Waals surface area contributed by atoms with E-state index in [1.807, 2.05) is 32.0 Å². The molecule has 0 unspecified atom stereocenters. The zero-order valence-electron chi connectivity index (χ0n) is 13.3. The fourth-order valence-electron chi connectivity index (χ4n) is 2.15. The van der Waals surface area contributed by atoms with Crippen molar-refractivity contribution < 1.29 is 14.3 Å². The zero-order chi connectivity index (χ0) is 17.0. The van der Waals surface area contributed by atoms with Crippen LogP contribution in [0.25, 0.3) is 0 Å². The van der Waals surface area contributed by atoms with E-state index in [0.717, 1.165) is 11.1 Å². The summed E-state index contributed by atoms with van der Waals surface area (Å²) in [6.45, 7) is 5.82. The Balaban J connectivity index is 2.20. The second-order valence-corrected chi connectivity index (χ2v) is 5.59. The summed E-state index contributed by atoms with van der Waals surface area (Å²) in [7, 11) is 0. The predicted octanol–water partition coefficient (Wildman–Crippen LogP) is 4.39. The summed E-state index contributed by atoms with van der Waals surface area (Å²) in [5, 5.41) is 3.03. The molecule has 1 amide bonds. The third-order valence-corrected chi connectivity index (χ3v) is 3.67. The van der Waals surface area contributed by atoms with Crippen LogP contribution >= 0.6 is 11.6 Å². The van der Waals surface area contributed by atoms with Crippen LogP contribution in [0.15, 0.2) is 36.4 Å². The third-order valence-electron chi connectivity index (χ3n) is 3.36. The van der Waals surface area contributed by atoms with Gasteiger partial charge in [-0.2, -0.15) is 0 Å². The first-order chi connectivity index (χ1) is 10.9. The summed E-state index contributed by atoms with van der Waals surface area (Å²) < 4.78 is 4.92. The lowest BCUT2D eigenvalue weighted by Crippen LogP contribution is -2.14. The van der Waals surface area contributed by atoms with Gasteiger partial charge in [0.15, 0.2) is 0 Å². The van der Waals surface area contributed by atoms with Gasteiger partial charge in [-0.3, -0.25) is 4.79 Å². The van der Waals surface area contributed by atoms with Gasteiger partial charge in [-0.1, -0.05) is 29.3 Å². The van der Waals surface area contributed by atoms with Crippen molar-refractivity contribution in [1.29, 1.82) is 0 Å². The fourth-order valence-corrected chi connectivity index (χ4v) is 2.40. The standard InChI is InChI=1S/C18H18ClNO3/c1-4-23-18(22)14-8-7-13(10-16(14)19)20-17(21)15-9-11(2)5-6-12(15)3/h5-10H,4H2,1-3H3,(H,20,21). The number of hydrogen-bond acceptors (Lipinski definition) is 3. The lowest BCUT2D eigenvalue weighted by Gasteiger charge is -2.10. The van der Waals surface area contributed by atoms with Crippen LogP contribution in [0.1, 0.15) is 38.8 Å². The Labute approximate surface area is 140 Å². The number of rotatable bonds is 4. The Hall–Kier alpha value is -2.33. The van der Waals surface area contributed by atoms with Gasteiger partial charge < -0.3 is 10.1 Å². The van der Waals surface area contributed by atoms with Gasteiger partial charge in [0.25, 0.3) is 5.91 Å². The molecule has 0 saturated carbocycles. The first-order valence-corrected chi connectivity index (χ1v) is 7.65. The normalized spacial score (nSPS) is 10.3. The number of ether oxygens (including phenoxy) is 1. The average molecular weight is 332 g/mol. The Morgan fingerprint density at radius 3 is 2.48 bits per heavy atom. The molecule has 23 heavy (non-hydrogen) atoms. The maximum atomic E-state index is 12.4. The Bertz CT molecular complexity index is 756. The van der Waals surface area contributed by atoms with Crippen LogP contribution in [0.4, 0.5) is 5.69 Å². The number of carbonyl (C=O) groups is 2. The number of nitrogens with one attached hydrogen (secondary N) is 1. The van der Waals surface area contributed by atoms with E-state index in [-0.39, 0.29) is 23.1 Å². The van der Waals surface area contributed by atoms with Crippen molar-refractivity contribution in [3.63, 3.8) is 0 Å². The van der Waals surface area contributed by atoms with Crippen molar-refractivity contribution in [1.82, 2.24) is 0 Å². The summed E-state index contributed by atoms with van der Waals surface area (Å²) in [5.74, 6) is -0.698. The number of amides is 1. The first kappa shape index (κ1) is 17.0. The number of carbonyl (C=O) groups excluding carboxylic acids is 2. The highest BCUT2D eigenvalue weighted by molar-refractivity contribution is 6.34. The molecule has 5 heteroatoms. The maximum absolute atomic E-state index is 12.4. The van der Waals surface area contributed by atoms with Crippen molar-refractivity contribution in [2.45, 2.75) is 20.8 Å². The van der Waals surface area contributed by atoms with Crippen molar-refractivity contribution in [3.05, 3.63) is 63.7 Å². The summed E-state index contributed by atoms with van der Waals surface area (Å²) >= 11 is 6.09. The van der Waals surface area contributed by atoms with Crippen LogP contribution < -0.4 is 5.32 Å². The number of hydrogen-bond donors (Lipinski definition) is 1. The van der Waals surface area contributed by atoms with Crippen molar-refractivity contribution in [3.8, 4) is 0 Å². The van der Waals surface area contributed by atoms with E-state index in [0.29, 0.717) is 11.3 Å². The lowest BCUT2D eigenvalue weighted by atomic mass is 10.0. The van der Waals surface area contributed by atoms with Gasteiger partial charge in [0, 0.05) is 11.3 Å². The minimum absolute atomic E-state index is 0.217. The molecule has 0 aromatic heterocycles. The smallest absolute Gasteiger partial charge is 0.339 e. The van der Waals surface area contributed by atoms with Crippen molar-refractivity contribution in [2.24, 2.45) is 0 Å². The second kappa shape index (κ2) is 7.29. The topological polar surface area (TPSA) is 55.4 Å². The molecule has 0 atom stereocenters. The van der Waals surface area contributed by atoms with Gasteiger partial charge in [-0.15, -0.1) is 0 Å². The summed E-state index contributed by atoms with van der Waals surface area (Å²) in [6.07, 6.45) is 0. The molecule has 0 aliphatic heterocycles. The monoisotopic (exact) mass is 331 g/mol. The number of benzene rings is 2. The number of aryl methyl sites for hydroxylation is 2. The van der Waals surface area contributed by atoms with E-state index in [2.05, 4.69) is 5.32 Å². The molecular formula is C18H18ClNO3. The van der Waals surface area contributed by atoms with E-state index < -0.39 is 5.97 Å². The van der Waals surface area contributed by atoms with E-state index in [1.165, 1.54) is 6.07 Å². The highest BCUT2D eigenvalue weighted by atomic mass is 35.5. The van der Waals surface area contributed by atoms with Crippen LogP contribution in [-0.4, -0.2) is 18.5 Å². The van der Waals surface area contributed by atoms with Crippen molar-refractivity contribution in [2.75, 3.05) is 11.9 Å². The van der Waals surface area contributed by atoms with Crippen molar-refractivity contribution >= 4 is 29.2 Å². The molecule has 1 N–H and O–H groups in total. The van der Waals surface area contributed by atoms with Gasteiger partial charge >= 0.3 is 5.97 Å². The van der Waals surface area contributed by atoms with E-state index in [9.17, 15) is 9.59 Å². The SMILES string of the molecule is CCOC(=O)c1ccc(NC(=O)c2cc(C)ccc2C)cc1Cl. The number of esters is 1. The quantitative estimate of drug-likeness (QED) is 0.845. The largest absolute Gasteiger partial charge is 0.462 e. The molecule has 2 aromatic rings. The van der Waals surface area contributed by atoms with Gasteiger partial charge in [0.2, 0.25) is 0 Å². The molecule has 2 aromatic carbocycles. The van der Waals surface area contributed by atoms with Crippen LogP contribution in [0.2, 0.25) is 5.02 Å². The Morgan fingerprint density at radius 2 is 1.83 bits per heavy atom.